The molecule has 26 heavy (non-hydrogen) atoms. The van der Waals surface area contributed by atoms with Gasteiger partial charge in [-0.25, -0.2) is 4.79 Å². The molecule has 0 atom stereocenters. The molecule has 0 heterocycles. The standard InChI is InChI=1S/C22H26N2O2/c1-17(25)18-10-12-20(13-11-18)24-21(26)23-16-22(14-6-3-7-15-22)19-8-4-2-5-9-19/h2,4-5,8-13H,3,6-7,14-16H2,1H3,(H2,23,24,26). The van der Waals surface area contributed by atoms with Gasteiger partial charge >= 0.3 is 6.03 Å². The largest absolute Gasteiger partial charge is 0.337 e. The van der Waals surface area contributed by atoms with Crippen molar-refractivity contribution in [3.63, 3.8) is 0 Å². The van der Waals surface area contributed by atoms with E-state index < -0.39 is 0 Å². The van der Waals surface area contributed by atoms with Crippen molar-refractivity contribution in [1.82, 2.24) is 5.32 Å². The van der Waals surface area contributed by atoms with Crippen molar-refractivity contribution < 1.29 is 9.59 Å². The van der Waals surface area contributed by atoms with Gasteiger partial charge in [-0.05, 0) is 49.6 Å². The van der Waals surface area contributed by atoms with Gasteiger partial charge in [0.25, 0.3) is 0 Å². The molecule has 2 amide bonds. The Morgan fingerprint density at radius 3 is 2.19 bits per heavy atom. The number of amides is 2. The number of hydrogen-bond donors (Lipinski definition) is 2. The van der Waals surface area contributed by atoms with Crippen molar-refractivity contribution in [1.29, 1.82) is 0 Å². The molecule has 3 rings (SSSR count). The summed E-state index contributed by atoms with van der Waals surface area (Å²) in [6.45, 7) is 2.16. The maximum atomic E-state index is 12.4. The maximum Gasteiger partial charge on any atom is 0.319 e. The second kappa shape index (κ2) is 8.17. The van der Waals surface area contributed by atoms with Crippen LogP contribution in [0.3, 0.4) is 0 Å². The van der Waals surface area contributed by atoms with Crippen LogP contribution < -0.4 is 10.6 Å². The number of anilines is 1. The van der Waals surface area contributed by atoms with E-state index in [1.165, 1.54) is 31.7 Å². The molecule has 0 saturated heterocycles. The van der Waals surface area contributed by atoms with Crippen LogP contribution in [0.1, 0.15) is 54.9 Å². The lowest BCUT2D eigenvalue weighted by Crippen LogP contribution is -2.43. The van der Waals surface area contributed by atoms with Crippen LogP contribution in [0.15, 0.2) is 54.6 Å². The van der Waals surface area contributed by atoms with Gasteiger partial charge in [0.1, 0.15) is 0 Å². The Morgan fingerprint density at radius 1 is 0.923 bits per heavy atom. The number of hydrogen-bond acceptors (Lipinski definition) is 2. The summed E-state index contributed by atoms with van der Waals surface area (Å²) in [7, 11) is 0. The summed E-state index contributed by atoms with van der Waals surface area (Å²) in [5.41, 5.74) is 2.66. The van der Waals surface area contributed by atoms with Gasteiger partial charge in [-0.3, -0.25) is 4.79 Å². The Hall–Kier alpha value is -2.62. The summed E-state index contributed by atoms with van der Waals surface area (Å²) in [6, 6.07) is 17.3. The second-order valence-electron chi connectivity index (χ2n) is 7.15. The van der Waals surface area contributed by atoms with E-state index in [-0.39, 0.29) is 17.2 Å². The van der Waals surface area contributed by atoms with E-state index in [9.17, 15) is 9.59 Å². The van der Waals surface area contributed by atoms with E-state index >= 15 is 0 Å². The van der Waals surface area contributed by atoms with Crippen LogP contribution in [0.4, 0.5) is 10.5 Å². The molecule has 1 saturated carbocycles. The van der Waals surface area contributed by atoms with Crippen LogP contribution in [0, 0.1) is 0 Å². The van der Waals surface area contributed by atoms with Gasteiger partial charge in [-0.2, -0.15) is 0 Å². The highest BCUT2D eigenvalue weighted by Crippen LogP contribution is 2.38. The Morgan fingerprint density at radius 2 is 1.58 bits per heavy atom. The zero-order valence-corrected chi connectivity index (χ0v) is 15.3. The fraction of sp³-hybridized carbons (Fsp3) is 0.364. The molecule has 0 unspecified atom stereocenters. The first-order valence-corrected chi connectivity index (χ1v) is 9.30. The minimum absolute atomic E-state index is 0.0168. The molecular weight excluding hydrogens is 324 g/mol. The highest BCUT2D eigenvalue weighted by atomic mass is 16.2. The van der Waals surface area contributed by atoms with Crippen molar-refractivity contribution in [3.8, 4) is 0 Å². The van der Waals surface area contributed by atoms with E-state index in [0.29, 0.717) is 17.8 Å². The van der Waals surface area contributed by atoms with E-state index in [2.05, 4.69) is 34.9 Å². The molecule has 2 N–H and O–H groups in total. The minimum atomic E-state index is -0.207. The Bertz CT molecular complexity index is 747. The van der Waals surface area contributed by atoms with E-state index in [1.807, 2.05) is 6.07 Å². The second-order valence-corrected chi connectivity index (χ2v) is 7.15. The molecule has 0 bridgehead atoms. The lowest BCUT2D eigenvalue weighted by molar-refractivity contribution is 0.101. The monoisotopic (exact) mass is 350 g/mol. The number of Topliss-reactive ketones (excluding diaryl/α,β-unsaturated/α-hetero) is 1. The van der Waals surface area contributed by atoms with E-state index in [1.54, 1.807) is 24.3 Å². The van der Waals surface area contributed by atoms with Crippen molar-refractivity contribution in [3.05, 3.63) is 65.7 Å². The number of urea groups is 1. The highest BCUT2D eigenvalue weighted by molar-refractivity contribution is 5.95. The van der Waals surface area contributed by atoms with Gasteiger partial charge in [0.15, 0.2) is 5.78 Å². The third kappa shape index (κ3) is 4.31. The SMILES string of the molecule is CC(=O)c1ccc(NC(=O)NCC2(c3ccccc3)CCCCC2)cc1. The zero-order valence-electron chi connectivity index (χ0n) is 15.3. The van der Waals surface area contributed by atoms with Crippen LogP contribution in [0.5, 0.6) is 0 Å². The summed E-state index contributed by atoms with van der Waals surface area (Å²) < 4.78 is 0. The summed E-state index contributed by atoms with van der Waals surface area (Å²) in [6.07, 6.45) is 5.87. The molecule has 4 heteroatoms. The molecule has 0 aliphatic heterocycles. The van der Waals surface area contributed by atoms with Crippen LogP contribution in [-0.4, -0.2) is 18.4 Å². The molecule has 0 aromatic heterocycles. The number of nitrogens with one attached hydrogen (secondary N) is 2. The number of rotatable bonds is 5. The third-order valence-electron chi connectivity index (χ3n) is 5.33. The fourth-order valence-corrected chi connectivity index (χ4v) is 3.80. The number of benzene rings is 2. The van der Waals surface area contributed by atoms with Gasteiger partial charge in [-0.15, -0.1) is 0 Å². The van der Waals surface area contributed by atoms with Crippen molar-refractivity contribution >= 4 is 17.5 Å². The maximum absolute atomic E-state index is 12.4. The average Bonchev–Trinajstić information content (AvgIpc) is 2.68. The average molecular weight is 350 g/mol. The van der Waals surface area contributed by atoms with Gasteiger partial charge in [0.05, 0.1) is 0 Å². The quantitative estimate of drug-likeness (QED) is 0.753. The number of ketones is 1. The predicted molar refractivity (Wildman–Crippen MR) is 105 cm³/mol. The molecule has 1 aliphatic carbocycles. The van der Waals surface area contributed by atoms with Gasteiger partial charge in [0, 0.05) is 23.2 Å². The molecule has 136 valence electrons. The predicted octanol–water partition coefficient (Wildman–Crippen LogP) is 4.91. The number of carbonyl (C=O) groups excluding carboxylic acids is 2. The van der Waals surface area contributed by atoms with Crippen LogP contribution in [0.2, 0.25) is 0 Å². The number of carbonyl (C=O) groups is 2. The van der Waals surface area contributed by atoms with Crippen molar-refractivity contribution in [2.24, 2.45) is 0 Å². The van der Waals surface area contributed by atoms with E-state index in [0.717, 1.165) is 12.8 Å². The van der Waals surface area contributed by atoms with Crippen LogP contribution in [0.25, 0.3) is 0 Å². The zero-order chi connectivity index (χ0) is 18.4. The van der Waals surface area contributed by atoms with E-state index in [4.69, 9.17) is 0 Å². The summed E-state index contributed by atoms with van der Waals surface area (Å²) in [5.74, 6) is 0.0168. The van der Waals surface area contributed by atoms with Crippen LogP contribution >= 0.6 is 0 Å². The molecule has 4 nitrogen and oxygen atoms in total. The lowest BCUT2D eigenvalue weighted by Gasteiger charge is -2.38. The fourth-order valence-electron chi connectivity index (χ4n) is 3.80. The normalized spacial score (nSPS) is 15.9. The third-order valence-corrected chi connectivity index (χ3v) is 5.33. The topological polar surface area (TPSA) is 58.2 Å². The Balaban J connectivity index is 1.63. The first-order chi connectivity index (χ1) is 12.6. The molecule has 2 aromatic carbocycles. The van der Waals surface area contributed by atoms with Gasteiger partial charge in [-0.1, -0.05) is 49.6 Å². The molecule has 0 radical (unpaired) electrons. The first-order valence-electron chi connectivity index (χ1n) is 9.30. The minimum Gasteiger partial charge on any atom is -0.337 e. The molecule has 0 spiro atoms. The van der Waals surface area contributed by atoms with Crippen LogP contribution in [-0.2, 0) is 5.41 Å². The van der Waals surface area contributed by atoms with Crippen molar-refractivity contribution in [2.75, 3.05) is 11.9 Å². The first kappa shape index (κ1) is 18.2. The molecular formula is C22H26N2O2. The molecule has 1 aliphatic rings. The summed E-state index contributed by atoms with van der Waals surface area (Å²) in [4.78, 5) is 23.7. The summed E-state index contributed by atoms with van der Waals surface area (Å²) in [5, 5.41) is 5.92. The Labute approximate surface area is 155 Å². The molecule has 1 fully saturated rings. The highest BCUT2D eigenvalue weighted by Gasteiger charge is 2.34. The molecule has 2 aromatic rings. The smallest absolute Gasteiger partial charge is 0.319 e. The van der Waals surface area contributed by atoms with Gasteiger partial charge in [0.2, 0.25) is 0 Å². The van der Waals surface area contributed by atoms with Crippen molar-refractivity contribution in [2.45, 2.75) is 44.4 Å². The Kier molecular flexibility index (Phi) is 5.71. The summed E-state index contributed by atoms with van der Waals surface area (Å²) >= 11 is 0. The van der Waals surface area contributed by atoms with Gasteiger partial charge < -0.3 is 10.6 Å². The lowest BCUT2D eigenvalue weighted by atomic mass is 9.69.